The molecule has 1 N–H and O–H groups in total. The zero-order valence-electron chi connectivity index (χ0n) is 6.93. The van der Waals surface area contributed by atoms with E-state index in [4.69, 9.17) is 16.9 Å². The Labute approximate surface area is 84.9 Å². The second-order valence-electron chi connectivity index (χ2n) is 2.41. The van der Waals surface area contributed by atoms with Gasteiger partial charge >= 0.3 is 0 Å². The van der Waals surface area contributed by atoms with Gasteiger partial charge in [-0.1, -0.05) is 11.6 Å². The summed E-state index contributed by atoms with van der Waals surface area (Å²) < 4.78 is 0.466. The van der Waals surface area contributed by atoms with E-state index >= 15 is 0 Å². The normalized spacial score (nSPS) is 9.31. The van der Waals surface area contributed by atoms with Crippen molar-refractivity contribution in [2.24, 2.45) is 0 Å². The summed E-state index contributed by atoms with van der Waals surface area (Å²) in [6.07, 6.45) is 0. The molecule has 5 heteroatoms. The van der Waals surface area contributed by atoms with E-state index in [0.29, 0.717) is 9.90 Å². The highest BCUT2D eigenvalue weighted by molar-refractivity contribution is 7.15. The topological polar surface area (TPSA) is 52.9 Å². The van der Waals surface area contributed by atoms with E-state index in [1.54, 1.807) is 0 Å². The van der Waals surface area contributed by atoms with Crippen LogP contribution in [-0.2, 0) is 0 Å². The Kier molecular flexibility index (Phi) is 3.29. The number of nitrogens with one attached hydrogen (secondary N) is 1. The van der Waals surface area contributed by atoms with Crippen LogP contribution in [0.1, 0.15) is 15.9 Å². The molecule has 0 bridgehead atoms. The molecule has 0 aliphatic rings. The van der Waals surface area contributed by atoms with Crippen LogP contribution in [0.15, 0.2) is 5.38 Å². The highest BCUT2D eigenvalue weighted by Crippen LogP contribution is 2.26. The Morgan fingerprint density at radius 2 is 2.54 bits per heavy atom. The molecule has 1 heterocycles. The van der Waals surface area contributed by atoms with E-state index < -0.39 is 0 Å². The minimum atomic E-state index is -0.287. The number of rotatable bonds is 2. The van der Waals surface area contributed by atoms with Gasteiger partial charge in [-0.2, -0.15) is 5.26 Å². The number of nitrogens with zero attached hydrogens (tertiary/aromatic N) is 1. The molecule has 0 fully saturated rings. The van der Waals surface area contributed by atoms with E-state index in [0.717, 1.165) is 5.56 Å². The highest BCUT2D eigenvalue weighted by Gasteiger charge is 2.14. The molecular formula is C8H7ClN2OS. The lowest BCUT2D eigenvalue weighted by Crippen LogP contribution is -2.23. The van der Waals surface area contributed by atoms with Crippen molar-refractivity contribution >= 4 is 28.8 Å². The maximum absolute atomic E-state index is 11.4. The Morgan fingerprint density at radius 3 is 3.00 bits per heavy atom. The molecule has 1 aromatic heterocycles. The standard InChI is InChI=1S/C8H7ClN2OS/c1-5-4-13-7(9)6(5)8(12)11-3-2-10/h4H,3H2,1H3,(H,11,12). The lowest BCUT2D eigenvalue weighted by atomic mass is 10.2. The second-order valence-corrected chi connectivity index (χ2v) is 3.89. The van der Waals surface area contributed by atoms with Gasteiger partial charge in [0.1, 0.15) is 10.9 Å². The summed E-state index contributed by atoms with van der Waals surface area (Å²) in [5.41, 5.74) is 1.31. The van der Waals surface area contributed by atoms with Crippen LogP contribution in [0.5, 0.6) is 0 Å². The van der Waals surface area contributed by atoms with Gasteiger partial charge in [0.2, 0.25) is 0 Å². The van der Waals surface area contributed by atoms with E-state index in [1.807, 2.05) is 18.4 Å². The fraction of sp³-hybridized carbons (Fsp3) is 0.250. The maximum Gasteiger partial charge on any atom is 0.254 e. The van der Waals surface area contributed by atoms with Crippen LogP contribution >= 0.6 is 22.9 Å². The number of aryl methyl sites for hydroxylation is 1. The third-order valence-electron chi connectivity index (χ3n) is 1.49. The third-order valence-corrected chi connectivity index (χ3v) is 2.82. The molecule has 13 heavy (non-hydrogen) atoms. The van der Waals surface area contributed by atoms with Gasteiger partial charge in [0.05, 0.1) is 11.6 Å². The van der Waals surface area contributed by atoms with Crippen LogP contribution < -0.4 is 5.32 Å². The number of hydrogen-bond donors (Lipinski definition) is 1. The minimum absolute atomic E-state index is 0.00441. The van der Waals surface area contributed by atoms with E-state index in [2.05, 4.69) is 5.32 Å². The van der Waals surface area contributed by atoms with Gasteiger partial charge in [0, 0.05) is 0 Å². The molecule has 0 aliphatic carbocycles. The van der Waals surface area contributed by atoms with Crippen LogP contribution in [0.4, 0.5) is 0 Å². The highest BCUT2D eigenvalue weighted by atomic mass is 35.5. The van der Waals surface area contributed by atoms with Crippen molar-refractivity contribution in [3.63, 3.8) is 0 Å². The number of amides is 1. The quantitative estimate of drug-likeness (QED) is 0.766. The molecule has 68 valence electrons. The van der Waals surface area contributed by atoms with Crippen molar-refractivity contribution in [1.29, 1.82) is 5.26 Å². The molecule has 3 nitrogen and oxygen atoms in total. The first kappa shape index (κ1) is 10.0. The molecular weight excluding hydrogens is 208 g/mol. The van der Waals surface area contributed by atoms with Crippen molar-refractivity contribution in [3.8, 4) is 6.07 Å². The number of nitriles is 1. The van der Waals surface area contributed by atoms with E-state index in [-0.39, 0.29) is 12.5 Å². The van der Waals surface area contributed by atoms with Crippen molar-refractivity contribution in [3.05, 3.63) is 20.8 Å². The average Bonchev–Trinajstić information content (AvgIpc) is 2.42. The summed E-state index contributed by atoms with van der Waals surface area (Å²) >= 11 is 7.11. The zero-order chi connectivity index (χ0) is 9.84. The van der Waals surface area contributed by atoms with Crippen LogP contribution in [0.25, 0.3) is 0 Å². The molecule has 0 spiro atoms. The van der Waals surface area contributed by atoms with Gasteiger partial charge in [-0.25, -0.2) is 0 Å². The van der Waals surface area contributed by atoms with Crippen LogP contribution in [0.3, 0.4) is 0 Å². The Hall–Kier alpha value is -1.05. The van der Waals surface area contributed by atoms with Crippen molar-refractivity contribution in [2.75, 3.05) is 6.54 Å². The van der Waals surface area contributed by atoms with Gasteiger partial charge in [0.15, 0.2) is 0 Å². The third kappa shape index (κ3) is 2.20. The smallest absolute Gasteiger partial charge is 0.254 e. The monoisotopic (exact) mass is 214 g/mol. The Balaban J connectivity index is 2.83. The number of halogens is 1. The fourth-order valence-corrected chi connectivity index (χ4v) is 2.03. The molecule has 0 aliphatic heterocycles. The summed E-state index contributed by atoms with van der Waals surface area (Å²) in [7, 11) is 0. The minimum Gasteiger partial charge on any atom is -0.339 e. The fourth-order valence-electron chi connectivity index (χ4n) is 0.890. The lowest BCUT2D eigenvalue weighted by molar-refractivity contribution is 0.0958. The second kappa shape index (κ2) is 4.26. The molecule has 0 saturated heterocycles. The van der Waals surface area contributed by atoms with Crippen LogP contribution in [0, 0.1) is 18.3 Å². The first-order chi connectivity index (χ1) is 6.16. The van der Waals surface area contributed by atoms with Gasteiger partial charge < -0.3 is 5.32 Å². The van der Waals surface area contributed by atoms with Gasteiger partial charge in [-0.3, -0.25) is 4.79 Å². The van der Waals surface area contributed by atoms with Crippen molar-refractivity contribution < 1.29 is 4.79 Å². The van der Waals surface area contributed by atoms with E-state index in [1.165, 1.54) is 11.3 Å². The van der Waals surface area contributed by atoms with Gasteiger partial charge in [-0.15, -0.1) is 11.3 Å². The SMILES string of the molecule is Cc1csc(Cl)c1C(=O)NCC#N. The first-order valence-electron chi connectivity index (χ1n) is 3.55. The molecule has 1 amide bonds. The maximum atomic E-state index is 11.4. The van der Waals surface area contributed by atoms with Gasteiger partial charge in [0.25, 0.3) is 5.91 Å². The molecule has 0 radical (unpaired) electrons. The molecule has 1 aromatic rings. The molecule has 0 unspecified atom stereocenters. The van der Waals surface area contributed by atoms with Gasteiger partial charge in [-0.05, 0) is 17.9 Å². The number of thiophene rings is 1. The predicted octanol–water partition coefficient (Wildman–Crippen LogP) is 1.96. The van der Waals surface area contributed by atoms with E-state index in [9.17, 15) is 4.79 Å². The zero-order valence-corrected chi connectivity index (χ0v) is 8.50. The summed E-state index contributed by atoms with van der Waals surface area (Å²) in [6, 6.07) is 1.83. The van der Waals surface area contributed by atoms with Crippen molar-refractivity contribution in [2.45, 2.75) is 6.92 Å². The number of carbonyl (C=O) groups excluding carboxylic acids is 1. The molecule has 1 rings (SSSR count). The predicted molar refractivity (Wildman–Crippen MR) is 52.0 cm³/mol. The Morgan fingerprint density at radius 1 is 1.85 bits per heavy atom. The average molecular weight is 215 g/mol. The first-order valence-corrected chi connectivity index (χ1v) is 4.81. The molecule has 0 aromatic carbocycles. The Bertz CT molecular complexity index is 347. The molecule has 0 saturated carbocycles. The summed E-state index contributed by atoms with van der Waals surface area (Å²) in [4.78, 5) is 11.4. The summed E-state index contributed by atoms with van der Waals surface area (Å²) in [5, 5.41) is 12.5. The van der Waals surface area contributed by atoms with Crippen LogP contribution in [0.2, 0.25) is 4.34 Å². The summed E-state index contributed by atoms with van der Waals surface area (Å²) in [6.45, 7) is 1.81. The summed E-state index contributed by atoms with van der Waals surface area (Å²) in [5.74, 6) is -0.287. The van der Waals surface area contributed by atoms with Crippen molar-refractivity contribution in [1.82, 2.24) is 5.32 Å². The number of hydrogen-bond acceptors (Lipinski definition) is 3. The molecule has 0 atom stereocenters. The lowest BCUT2D eigenvalue weighted by Gasteiger charge is -1.99. The van der Waals surface area contributed by atoms with Crippen LogP contribution in [-0.4, -0.2) is 12.5 Å². The number of carbonyl (C=O) groups is 1. The largest absolute Gasteiger partial charge is 0.339 e.